The number of ether oxygens (including phenoxy) is 1. The van der Waals surface area contributed by atoms with Crippen molar-refractivity contribution >= 4 is 6.08 Å². The van der Waals surface area contributed by atoms with Crippen LogP contribution in [0.5, 0.6) is 5.75 Å². The molecule has 0 amide bonds. The van der Waals surface area contributed by atoms with Gasteiger partial charge in [0.15, 0.2) is 0 Å². The van der Waals surface area contributed by atoms with Crippen molar-refractivity contribution < 1.29 is 4.74 Å². The van der Waals surface area contributed by atoms with Gasteiger partial charge in [-0.25, -0.2) is 0 Å². The van der Waals surface area contributed by atoms with E-state index in [-0.39, 0.29) is 0 Å². The molecule has 0 aliphatic carbocycles. The van der Waals surface area contributed by atoms with E-state index in [0.29, 0.717) is 12.6 Å². The first-order valence-electron chi connectivity index (χ1n) is 7.47. The van der Waals surface area contributed by atoms with E-state index in [1.165, 1.54) is 11.1 Å². The van der Waals surface area contributed by atoms with E-state index >= 15 is 0 Å². The van der Waals surface area contributed by atoms with Crippen LogP contribution in [0, 0.1) is 0 Å². The number of rotatable bonds is 7. The molecule has 2 rings (SSSR count). The summed E-state index contributed by atoms with van der Waals surface area (Å²) in [7, 11) is 0. The summed E-state index contributed by atoms with van der Waals surface area (Å²) in [5.41, 5.74) is 2.47. The second kappa shape index (κ2) is 8.28. The van der Waals surface area contributed by atoms with E-state index in [4.69, 9.17) is 4.74 Å². The van der Waals surface area contributed by atoms with E-state index in [1.54, 1.807) is 0 Å². The molecule has 2 aromatic rings. The van der Waals surface area contributed by atoms with E-state index in [1.807, 2.05) is 36.4 Å². The fourth-order valence-electron chi connectivity index (χ4n) is 2.17. The lowest BCUT2D eigenvalue weighted by molar-refractivity contribution is 0.363. The molecule has 0 heterocycles. The Morgan fingerprint density at radius 1 is 1.05 bits per heavy atom. The van der Waals surface area contributed by atoms with Gasteiger partial charge in [0.25, 0.3) is 0 Å². The Morgan fingerprint density at radius 2 is 1.76 bits per heavy atom. The molecule has 0 aromatic heterocycles. The van der Waals surface area contributed by atoms with Crippen LogP contribution in [0.4, 0.5) is 0 Å². The minimum absolute atomic E-state index is 0.377. The van der Waals surface area contributed by atoms with E-state index in [9.17, 15) is 0 Å². The standard InChI is InChI=1S/C19H23NO/c1-3-20-16(2)18-11-13-19(14-12-18)21-15-7-10-17-8-5-4-6-9-17/h4-14,16,20H,3,15H2,1-2H3/b10-7+. The van der Waals surface area contributed by atoms with Gasteiger partial charge in [0.1, 0.15) is 12.4 Å². The normalized spacial score (nSPS) is 12.5. The molecule has 0 aliphatic heterocycles. The van der Waals surface area contributed by atoms with Crippen LogP contribution in [0.25, 0.3) is 6.08 Å². The zero-order valence-electron chi connectivity index (χ0n) is 12.8. The largest absolute Gasteiger partial charge is 0.490 e. The Kier molecular flexibility index (Phi) is 6.04. The number of hydrogen-bond acceptors (Lipinski definition) is 2. The van der Waals surface area contributed by atoms with E-state index in [2.05, 4.69) is 49.5 Å². The topological polar surface area (TPSA) is 21.3 Å². The summed E-state index contributed by atoms with van der Waals surface area (Å²) in [4.78, 5) is 0. The summed E-state index contributed by atoms with van der Waals surface area (Å²) in [5, 5.41) is 3.40. The summed E-state index contributed by atoms with van der Waals surface area (Å²) < 4.78 is 5.72. The number of nitrogens with one attached hydrogen (secondary N) is 1. The van der Waals surface area contributed by atoms with Gasteiger partial charge in [-0.15, -0.1) is 0 Å². The first kappa shape index (κ1) is 15.3. The van der Waals surface area contributed by atoms with Gasteiger partial charge in [0.2, 0.25) is 0 Å². The van der Waals surface area contributed by atoms with Gasteiger partial charge in [-0.2, -0.15) is 0 Å². The molecule has 1 N–H and O–H groups in total. The van der Waals surface area contributed by atoms with Gasteiger partial charge in [0.05, 0.1) is 0 Å². The third kappa shape index (κ3) is 5.09. The van der Waals surface area contributed by atoms with Crippen molar-refractivity contribution in [3.8, 4) is 5.75 Å². The van der Waals surface area contributed by atoms with Crippen LogP contribution in [0.2, 0.25) is 0 Å². The van der Waals surface area contributed by atoms with Crippen LogP contribution in [0.1, 0.15) is 31.0 Å². The molecule has 0 radical (unpaired) electrons. The highest BCUT2D eigenvalue weighted by atomic mass is 16.5. The van der Waals surface area contributed by atoms with Crippen LogP contribution in [0.15, 0.2) is 60.7 Å². The Hall–Kier alpha value is -2.06. The summed E-state index contributed by atoms with van der Waals surface area (Å²) in [6.07, 6.45) is 4.10. The average molecular weight is 281 g/mol. The smallest absolute Gasteiger partial charge is 0.119 e. The van der Waals surface area contributed by atoms with Crippen LogP contribution >= 0.6 is 0 Å². The molecule has 0 fully saturated rings. The van der Waals surface area contributed by atoms with Gasteiger partial charge >= 0.3 is 0 Å². The Morgan fingerprint density at radius 3 is 2.43 bits per heavy atom. The lowest BCUT2D eigenvalue weighted by Gasteiger charge is -2.13. The van der Waals surface area contributed by atoms with Crippen molar-refractivity contribution in [1.82, 2.24) is 5.32 Å². The summed E-state index contributed by atoms with van der Waals surface area (Å²) in [6.45, 7) is 5.84. The zero-order valence-corrected chi connectivity index (χ0v) is 12.8. The fourth-order valence-corrected chi connectivity index (χ4v) is 2.17. The highest BCUT2D eigenvalue weighted by Crippen LogP contribution is 2.17. The first-order chi connectivity index (χ1) is 10.3. The molecule has 110 valence electrons. The van der Waals surface area contributed by atoms with Crippen molar-refractivity contribution in [2.24, 2.45) is 0 Å². The molecular formula is C19H23NO. The van der Waals surface area contributed by atoms with Crippen LogP contribution < -0.4 is 10.1 Å². The second-order valence-corrected chi connectivity index (χ2v) is 4.97. The molecule has 1 atom stereocenters. The lowest BCUT2D eigenvalue weighted by Crippen LogP contribution is -2.17. The molecule has 0 saturated heterocycles. The van der Waals surface area contributed by atoms with Gasteiger partial charge in [-0.05, 0) is 42.8 Å². The van der Waals surface area contributed by atoms with Crippen molar-refractivity contribution in [3.05, 3.63) is 71.8 Å². The van der Waals surface area contributed by atoms with Crippen LogP contribution in [-0.2, 0) is 0 Å². The van der Waals surface area contributed by atoms with E-state index in [0.717, 1.165) is 12.3 Å². The maximum Gasteiger partial charge on any atom is 0.119 e. The maximum absolute atomic E-state index is 5.72. The summed E-state index contributed by atoms with van der Waals surface area (Å²) >= 11 is 0. The molecular weight excluding hydrogens is 258 g/mol. The maximum atomic E-state index is 5.72. The van der Waals surface area contributed by atoms with Gasteiger partial charge in [0, 0.05) is 6.04 Å². The molecule has 0 bridgehead atoms. The molecule has 2 nitrogen and oxygen atoms in total. The zero-order chi connectivity index (χ0) is 14.9. The molecule has 21 heavy (non-hydrogen) atoms. The third-order valence-electron chi connectivity index (χ3n) is 3.35. The Bertz CT molecular complexity index is 546. The minimum atomic E-state index is 0.377. The third-order valence-corrected chi connectivity index (χ3v) is 3.35. The van der Waals surface area contributed by atoms with Crippen molar-refractivity contribution in [3.63, 3.8) is 0 Å². The SMILES string of the molecule is CCNC(C)c1ccc(OC/C=C/c2ccccc2)cc1. The van der Waals surface area contributed by atoms with Crippen LogP contribution in [0.3, 0.4) is 0 Å². The summed E-state index contributed by atoms with van der Waals surface area (Å²) in [5.74, 6) is 0.903. The molecule has 0 aliphatic rings. The van der Waals surface area contributed by atoms with Crippen molar-refractivity contribution in [2.45, 2.75) is 19.9 Å². The summed E-state index contributed by atoms with van der Waals surface area (Å²) in [6, 6.07) is 18.9. The highest BCUT2D eigenvalue weighted by Gasteiger charge is 2.02. The van der Waals surface area contributed by atoms with Crippen LogP contribution in [-0.4, -0.2) is 13.2 Å². The van der Waals surface area contributed by atoms with E-state index < -0.39 is 0 Å². The fraction of sp³-hybridized carbons (Fsp3) is 0.263. The monoisotopic (exact) mass is 281 g/mol. The number of hydrogen-bond donors (Lipinski definition) is 1. The first-order valence-corrected chi connectivity index (χ1v) is 7.47. The van der Waals surface area contributed by atoms with Gasteiger partial charge in [-0.3, -0.25) is 0 Å². The quantitative estimate of drug-likeness (QED) is 0.809. The highest BCUT2D eigenvalue weighted by molar-refractivity contribution is 5.48. The van der Waals surface area contributed by atoms with Crippen molar-refractivity contribution in [2.75, 3.05) is 13.2 Å². The molecule has 1 unspecified atom stereocenters. The molecule has 2 aromatic carbocycles. The van der Waals surface area contributed by atoms with Gasteiger partial charge in [-0.1, -0.05) is 55.5 Å². The Balaban J connectivity index is 1.82. The molecule has 2 heteroatoms. The second-order valence-electron chi connectivity index (χ2n) is 4.97. The molecule has 0 spiro atoms. The lowest BCUT2D eigenvalue weighted by atomic mass is 10.1. The predicted octanol–water partition coefficient (Wildman–Crippen LogP) is 4.45. The van der Waals surface area contributed by atoms with Crippen molar-refractivity contribution in [1.29, 1.82) is 0 Å². The molecule has 0 saturated carbocycles. The van der Waals surface area contributed by atoms with Gasteiger partial charge < -0.3 is 10.1 Å². The minimum Gasteiger partial charge on any atom is -0.490 e. The Labute approximate surface area is 127 Å². The average Bonchev–Trinajstić information content (AvgIpc) is 2.53. The predicted molar refractivity (Wildman–Crippen MR) is 89.5 cm³/mol. The number of benzene rings is 2.